The van der Waals surface area contributed by atoms with E-state index in [1.807, 2.05) is 31.2 Å². The Hall–Kier alpha value is -4.01. The van der Waals surface area contributed by atoms with Crippen molar-refractivity contribution in [2.75, 3.05) is 4.90 Å². The molecule has 1 aliphatic carbocycles. The molecule has 3 atom stereocenters. The van der Waals surface area contributed by atoms with E-state index in [0.717, 1.165) is 16.7 Å². The van der Waals surface area contributed by atoms with E-state index in [1.54, 1.807) is 27.7 Å². The van der Waals surface area contributed by atoms with Gasteiger partial charge in [0.2, 0.25) is 6.23 Å². The molecule has 1 fully saturated rings. The lowest BCUT2D eigenvalue weighted by molar-refractivity contribution is -0.125. The van der Waals surface area contributed by atoms with Crippen LogP contribution in [0, 0.1) is 5.92 Å². The van der Waals surface area contributed by atoms with Crippen LogP contribution in [0.2, 0.25) is 0 Å². The van der Waals surface area contributed by atoms with Crippen LogP contribution in [0.25, 0.3) is 0 Å². The summed E-state index contributed by atoms with van der Waals surface area (Å²) in [6, 6.07) is 7.32. The van der Waals surface area contributed by atoms with Crippen molar-refractivity contribution in [2.24, 2.45) is 5.92 Å². The molecule has 3 amide bonds. The Bertz CT molecular complexity index is 1310. The van der Waals surface area contributed by atoms with Crippen LogP contribution in [0.5, 0.6) is 0 Å². The number of fused-ring (bicyclic) bond motifs is 3. The first-order valence-electron chi connectivity index (χ1n) is 11.8. The lowest BCUT2D eigenvalue weighted by Gasteiger charge is -2.27. The smallest absolute Gasteiger partial charge is 0.417 e. The van der Waals surface area contributed by atoms with Gasteiger partial charge in [-0.2, -0.15) is 0 Å². The molecule has 1 aromatic heterocycles. The Labute approximate surface area is 209 Å². The number of aromatic nitrogens is 2. The van der Waals surface area contributed by atoms with Crippen LogP contribution in [0.4, 0.5) is 10.5 Å². The van der Waals surface area contributed by atoms with Gasteiger partial charge in [0.05, 0.1) is 36.0 Å². The Morgan fingerprint density at radius 1 is 1.08 bits per heavy atom. The molecule has 2 aliphatic heterocycles. The molecule has 0 saturated carbocycles. The van der Waals surface area contributed by atoms with E-state index in [4.69, 9.17) is 9.47 Å². The summed E-state index contributed by atoms with van der Waals surface area (Å²) in [5, 5.41) is 0. The maximum Gasteiger partial charge on any atom is 0.417 e. The minimum atomic E-state index is -0.762. The second-order valence-electron chi connectivity index (χ2n) is 10.3. The molecule has 3 heterocycles. The number of carbonyl (C=O) groups is 3. The van der Waals surface area contributed by atoms with Gasteiger partial charge in [0.25, 0.3) is 11.8 Å². The van der Waals surface area contributed by atoms with Gasteiger partial charge in [-0.25, -0.2) is 19.7 Å². The van der Waals surface area contributed by atoms with Gasteiger partial charge in [-0.1, -0.05) is 24.3 Å². The lowest BCUT2D eigenvalue weighted by Crippen LogP contribution is -2.39. The van der Waals surface area contributed by atoms with E-state index in [0.29, 0.717) is 23.3 Å². The van der Waals surface area contributed by atoms with E-state index in [-0.39, 0.29) is 11.8 Å². The van der Waals surface area contributed by atoms with E-state index in [2.05, 4.69) is 9.97 Å². The first-order chi connectivity index (χ1) is 17.1. The molecule has 36 heavy (non-hydrogen) atoms. The van der Waals surface area contributed by atoms with Crippen molar-refractivity contribution in [3.05, 3.63) is 77.1 Å². The fourth-order valence-electron chi connectivity index (χ4n) is 5.05. The number of benzene rings is 1. The van der Waals surface area contributed by atoms with Gasteiger partial charge >= 0.3 is 6.09 Å². The van der Waals surface area contributed by atoms with Gasteiger partial charge in [0.15, 0.2) is 0 Å². The highest BCUT2D eigenvalue weighted by Crippen LogP contribution is 2.50. The number of ether oxygens (including phenoxy) is 2. The average molecular weight is 489 g/mol. The minimum Gasteiger partial charge on any atom is -0.473 e. The van der Waals surface area contributed by atoms with Crippen molar-refractivity contribution in [3.63, 3.8) is 0 Å². The zero-order chi connectivity index (χ0) is 25.8. The summed E-state index contributed by atoms with van der Waals surface area (Å²) in [7, 11) is 0. The Morgan fingerprint density at radius 2 is 1.78 bits per heavy atom. The number of carbonyl (C=O) groups excluding carboxylic acids is 3. The number of anilines is 1. The third-order valence-electron chi connectivity index (χ3n) is 6.81. The lowest BCUT2D eigenvalue weighted by atomic mass is 9.97. The van der Waals surface area contributed by atoms with Crippen LogP contribution in [-0.4, -0.2) is 44.6 Å². The highest BCUT2D eigenvalue weighted by atomic mass is 16.6. The molecular formula is C27H28N4O5. The fourth-order valence-corrected chi connectivity index (χ4v) is 5.05. The molecule has 1 aromatic carbocycles. The molecule has 0 bridgehead atoms. The summed E-state index contributed by atoms with van der Waals surface area (Å²) >= 11 is 0. The van der Waals surface area contributed by atoms with Gasteiger partial charge in [0.1, 0.15) is 11.9 Å². The van der Waals surface area contributed by atoms with E-state index in [9.17, 15) is 14.4 Å². The van der Waals surface area contributed by atoms with Crippen molar-refractivity contribution in [2.45, 2.75) is 58.9 Å². The number of rotatable bonds is 3. The number of hydrogen-bond acceptors (Lipinski definition) is 7. The Balaban J connectivity index is 1.50. The third-order valence-corrected chi connectivity index (χ3v) is 6.81. The summed E-state index contributed by atoms with van der Waals surface area (Å²) in [5.41, 5.74) is 3.39. The fraction of sp³-hybridized carbons (Fsp3) is 0.370. The van der Waals surface area contributed by atoms with E-state index < -0.39 is 29.9 Å². The first-order valence-corrected chi connectivity index (χ1v) is 11.8. The molecule has 0 radical (unpaired) electrons. The number of amides is 3. The quantitative estimate of drug-likeness (QED) is 0.474. The summed E-state index contributed by atoms with van der Waals surface area (Å²) in [6.45, 7) is 8.85. The zero-order valence-electron chi connectivity index (χ0n) is 20.9. The molecule has 9 nitrogen and oxygen atoms in total. The van der Waals surface area contributed by atoms with Crippen molar-refractivity contribution in [1.82, 2.24) is 14.9 Å². The van der Waals surface area contributed by atoms with E-state index in [1.165, 1.54) is 34.8 Å². The second kappa shape index (κ2) is 8.58. The number of nitrogens with zero attached hydrogens (tertiary/aromatic N) is 4. The van der Waals surface area contributed by atoms with Crippen molar-refractivity contribution in [1.29, 1.82) is 0 Å². The van der Waals surface area contributed by atoms with Crippen molar-refractivity contribution in [3.8, 4) is 0 Å². The summed E-state index contributed by atoms with van der Waals surface area (Å²) in [6.07, 6.45) is 5.01. The summed E-state index contributed by atoms with van der Waals surface area (Å²) in [4.78, 5) is 50.4. The number of imide groups is 1. The van der Waals surface area contributed by atoms with E-state index >= 15 is 0 Å². The van der Waals surface area contributed by atoms with Gasteiger partial charge < -0.3 is 9.47 Å². The molecule has 0 spiro atoms. The molecular weight excluding hydrogens is 460 g/mol. The maximum absolute atomic E-state index is 13.6. The molecule has 5 rings (SSSR count). The highest BCUT2D eigenvalue weighted by molar-refractivity contribution is 6.09. The predicted octanol–water partition coefficient (Wildman–Crippen LogP) is 4.08. The Morgan fingerprint density at radius 3 is 2.47 bits per heavy atom. The molecule has 3 aliphatic rings. The van der Waals surface area contributed by atoms with Gasteiger partial charge in [-0.15, -0.1) is 0 Å². The summed E-state index contributed by atoms with van der Waals surface area (Å²) < 4.78 is 11.7. The topological polar surface area (TPSA) is 102 Å². The molecule has 0 N–H and O–H groups in total. The SMILES string of the molecule is CC1=C(C)C(OC=C2C(=O)N(C(=O)OC(C)(C)C)C3c4ccccc4CC23)N(c2cncnc2)C1=O. The largest absolute Gasteiger partial charge is 0.473 e. The van der Waals surface area contributed by atoms with Crippen LogP contribution in [-0.2, 0) is 25.5 Å². The minimum absolute atomic E-state index is 0.218. The van der Waals surface area contributed by atoms with Crippen LogP contribution in [0.3, 0.4) is 0 Å². The normalized spacial score (nSPS) is 24.5. The number of hydrogen-bond donors (Lipinski definition) is 0. The van der Waals surface area contributed by atoms with Gasteiger partial charge in [-0.3, -0.25) is 14.5 Å². The standard InChI is InChI=1S/C27H28N4O5/c1-15-16(2)25(30(23(15)32)18-11-28-14-29-12-18)35-13-21-20-10-17-8-6-7-9-19(17)22(20)31(24(21)33)26(34)36-27(3,4)5/h6-9,11-14,20,22,25H,10H2,1-5H3. The summed E-state index contributed by atoms with van der Waals surface area (Å²) in [5.74, 6) is -0.950. The second-order valence-corrected chi connectivity index (χ2v) is 10.3. The molecule has 186 valence electrons. The third kappa shape index (κ3) is 3.84. The van der Waals surface area contributed by atoms with Crippen molar-refractivity contribution >= 4 is 23.6 Å². The molecule has 3 unspecified atom stereocenters. The van der Waals surface area contributed by atoms with Gasteiger partial charge in [-0.05, 0) is 57.7 Å². The van der Waals surface area contributed by atoms with Crippen LogP contribution in [0.15, 0.2) is 66.0 Å². The van der Waals surface area contributed by atoms with Crippen LogP contribution >= 0.6 is 0 Å². The van der Waals surface area contributed by atoms with Crippen LogP contribution in [0.1, 0.15) is 51.8 Å². The highest BCUT2D eigenvalue weighted by Gasteiger charge is 2.53. The molecule has 1 saturated heterocycles. The monoisotopic (exact) mass is 488 g/mol. The first kappa shape index (κ1) is 23.7. The maximum atomic E-state index is 13.6. The average Bonchev–Trinajstić information content (AvgIpc) is 3.40. The Kier molecular flexibility index (Phi) is 5.65. The predicted molar refractivity (Wildman–Crippen MR) is 130 cm³/mol. The molecule has 9 heteroatoms. The van der Waals surface area contributed by atoms with Gasteiger partial charge in [0, 0.05) is 11.5 Å². The van der Waals surface area contributed by atoms with Crippen molar-refractivity contribution < 1.29 is 23.9 Å². The zero-order valence-corrected chi connectivity index (χ0v) is 20.9. The van der Waals surface area contributed by atoms with Crippen LogP contribution < -0.4 is 4.90 Å². The number of likely N-dealkylation sites (tertiary alicyclic amines) is 1. The molecule has 2 aromatic rings.